The van der Waals surface area contributed by atoms with Gasteiger partial charge >= 0.3 is 11.9 Å². The van der Waals surface area contributed by atoms with Crippen LogP contribution in [0.15, 0.2) is 12.2 Å². The normalized spacial score (nSPS) is 22.7. The van der Waals surface area contributed by atoms with Crippen LogP contribution in [0.25, 0.3) is 0 Å². The number of hydrogen-bond donors (Lipinski definition) is 0. The van der Waals surface area contributed by atoms with Crippen LogP contribution in [-0.4, -0.2) is 25.2 Å². The number of carbonyl (C=O) groups is 2. The Balaban J connectivity index is 2.48. The lowest BCUT2D eigenvalue weighted by Crippen LogP contribution is -2.33. The Kier molecular flexibility index (Phi) is 9.73. The summed E-state index contributed by atoms with van der Waals surface area (Å²) in [6.07, 6.45) is 9.13. The van der Waals surface area contributed by atoms with Gasteiger partial charge in [0, 0.05) is 0 Å². The quantitative estimate of drug-likeness (QED) is 0.434. The third kappa shape index (κ3) is 7.06. The van der Waals surface area contributed by atoms with Crippen LogP contribution in [0.5, 0.6) is 0 Å². The molecule has 0 aromatic carbocycles. The minimum absolute atomic E-state index is 0.258. The van der Waals surface area contributed by atoms with Crippen molar-refractivity contribution < 1.29 is 19.1 Å². The fraction of sp³-hybridized carbons (Fsp3) is 0.800. The summed E-state index contributed by atoms with van der Waals surface area (Å²) in [5.74, 6) is -0.356. The van der Waals surface area contributed by atoms with E-state index in [0.29, 0.717) is 31.5 Å². The number of allylic oxidation sites excluding steroid dienone is 1. The van der Waals surface area contributed by atoms with Crippen LogP contribution >= 0.6 is 0 Å². The first-order valence-corrected chi connectivity index (χ1v) is 9.49. The van der Waals surface area contributed by atoms with Crippen molar-refractivity contribution >= 4 is 11.9 Å². The first-order valence-electron chi connectivity index (χ1n) is 9.49. The summed E-state index contributed by atoms with van der Waals surface area (Å²) < 4.78 is 10.8. The molecule has 0 heterocycles. The highest BCUT2D eigenvalue weighted by atomic mass is 16.5. The summed E-state index contributed by atoms with van der Waals surface area (Å²) in [5.41, 5.74) is 0. The molecule has 138 valence electrons. The van der Waals surface area contributed by atoms with E-state index in [9.17, 15) is 9.59 Å². The summed E-state index contributed by atoms with van der Waals surface area (Å²) in [4.78, 5) is 24.7. The monoisotopic (exact) mass is 338 g/mol. The molecule has 0 saturated heterocycles. The van der Waals surface area contributed by atoms with Gasteiger partial charge in [-0.1, -0.05) is 52.7 Å². The summed E-state index contributed by atoms with van der Waals surface area (Å²) in [5, 5.41) is 0. The Bertz CT molecular complexity index is 416. The minimum atomic E-state index is -0.494. The molecule has 24 heavy (non-hydrogen) atoms. The topological polar surface area (TPSA) is 52.6 Å². The third-order valence-electron chi connectivity index (χ3n) is 5.10. The van der Waals surface area contributed by atoms with Crippen LogP contribution in [0.4, 0.5) is 0 Å². The van der Waals surface area contributed by atoms with Crippen molar-refractivity contribution in [3.05, 3.63) is 12.2 Å². The van der Waals surface area contributed by atoms with E-state index in [4.69, 9.17) is 9.47 Å². The van der Waals surface area contributed by atoms with Gasteiger partial charge in [0.2, 0.25) is 0 Å². The molecule has 0 bridgehead atoms. The highest BCUT2D eigenvalue weighted by Gasteiger charge is 2.35. The van der Waals surface area contributed by atoms with Crippen molar-refractivity contribution in [2.75, 3.05) is 13.2 Å². The smallest absolute Gasteiger partial charge is 0.313 e. The highest BCUT2D eigenvalue weighted by Crippen LogP contribution is 2.27. The molecule has 0 amide bonds. The molecule has 0 fully saturated rings. The molecule has 4 nitrogen and oxygen atoms in total. The van der Waals surface area contributed by atoms with Crippen LogP contribution in [-0.2, 0) is 19.1 Å². The molecule has 0 saturated carbocycles. The largest absolute Gasteiger partial charge is 0.465 e. The van der Waals surface area contributed by atoms with Crippen molar-refractivity contribution in [1.82, 2.24) is 0 Å². The van der Waals surface area contributed by atoms with Crippen LogP contribution in [0, 0.1) is 23.7 Å². The van der Waals surface area contributed by atoms with Gasteiger partial charge in [0.25, 0.3) is 0 Å². The predicted octanol–water partition coefficient (Wildman–Crippen LogP) is 4.53. The Labute approximate surface area is 147 Å². The van der Waals surface area contributed by atoms with E-state index >= 15 is 0 Å². The highest BCUT2D eigenvalue weighted by molar-refractivity contribution is 5.83. The summed E-state index contributed by atoms with van der Waals surface area (Å²) in [7, 11) is 0. The molecule has 1 aliphatic rings. The van der Waals surface area contributed by atoms with Gasteiger partial charge in [0.15, 0.2) is 0 Å². The molecule has 4 unspecified atom stereocenters. The lowest BCUT2D eigenvalue weighted by molar-refractivity contribution is -0.159. The molecule has 1 aliphatic carbocycles. The average molecular weight is 338 g/mol. The van der Waals surface area contributed by atoms with Crippen LogP contribution in [0.3, 0.4) is 0 Å². The Morgan fingerprint density at radius 1 is 1.00 bits per heavy atom. The van der Waals surface area contributed by atoms with Crippen LogP contribution < -0.4 is 0 Å². The number of rotatable bonds is 10. The maximum atomic E-state index is 12.3. The zero-order chi connectivity index (χ0) is 17.9. The molecule has 4 atom stereocenters. The van der Waals surface area contributed by atoms with Gasteiger partial charge in [-0.25, -0.2) is 0 Å². The second kappa shape index (κ2) is 11.3. The molecule has 0 radical (unpaired) electrons. The van der Waals surface area contributed by atoms with E-state index in [1.807, 2.05) is 12.2 Å². The first-order chi connectivity index (χ1) is 11.5. The fourth-order valence-corrected chi connectivity index (χ4v) is 2.67. The second-order valence-electron chi connectivity index (χ2n) is 7.08. The molecule has 0 aromatic heterocycles. The van der Waals surface area contributed by atoms with Gasteiger partial charge in [0.05, 0.1) is 25.0 Å². The number of carbonyl (C=O) groups excluding carboxylic acids is 2. The van der Waals surface area contributed by atoms with E-state index in [0.717, 1.165) is 32.1 Å². The van der Waals surface area contributed by atoms with Crippen molar-refractivity contribution in [2.24, 2.45) is 23.7 Å². The van der Waals surface area contributed by atoms with Gasteiger partial charge in [-0.05, 0) is 37.5 Å². The summed E-state index contributed by atoms with van der Waals surface area (Å²) in [6, 6.07) is 0. The third-order valence-corrected chi connectivity index (χ3v) is 5.10. The molecule has 0 spiro atoms. The Morgan fingerprint density at radius 2 is 1.54 bits per heavy atom. The maximum absolute atomic E-state index is 12.3. The molecule has 1 rings (SSSR count). The zero-order valence-electron chi connectivity index (χ0n) is 15.8. The molecule has 0 aromatic rings. The first kappa shape index (κ1) is 20.7. The fourth-order valence-electron chi connectivity index (χ4n) is 2.67. The minimum Gasteiger partial charge on any atom is -0.465 e. The van der Waals surface area contributed by atoms with Gasteiger partial charge in [-0.15, -0.1) is 0 Å². The van der Waals surface area contributed by atoms with Crippen molar-refractivity contribution in [3.63, 3.8) is 0 Å². The van der Waals surface area contributed by atoms with E-state index in [1.165, 1.54) is 0 Å². The molecule has 0 aliphatic heterocycles. The standard InChI is InChI=1S/C20H34O4/c1-5-15(3)11-13-23-19(21)17-9-7-8-10-18(17)20(22)24-14-12-16(4)6-2/h7,9,15-18H,5-6,8,10-14H2,1-4H3. The summed E-state index contributed by atoms with van der Waals surface area (Å²) in [6.45, 7) is 9.41. The van der Waals surface area contributed by atoms with Crippen molar-refractivity contribution in [3.8, 4) is 0 Å². The second-order valence-corrected chi connectivity index (χ2v) is 7.08. The van der Waals surface area contributed by atoms with E-state index in [-0.39, 0.29) is 11.9 Å². The Morgan fingerprint density at radius 3 is 2.08 bits per heavy atom. The molecular weight excluding hydrogens is 304 g/mol. The van der Waals surface area contributed by atoms with Gasteiger partial charge in [-0.2, -0.15) is 0 Å². The SMILES string of the molecule is CCC(C)CCOC(=O)C1C=CCCC1C(=O)OCCC(C)CC. The van der Waals surface area contributed by atoms with Crippen LogP contribution in [0.2, 0.25) is 0 Å². The number of esters is 2. The van der Waals surface area contributed by atoms with Gasteiger partial charge < -0.3 is 9.47 Å². The molecule has 4 heteroatoms. The summed E-state index contributed by atoms with van der Waals surface area (Å²) >= 11 is 0. The van der Waals surface area contributed by atoms with Gasteiger partial charge in [-0.3, -0.25) is 9.59 Å². The zero-order valence-corrected chi connectivity index (χ0v) is 15.8. The van der Waals surface area contributed by atoms with Crippen molar-refractivity contribution in [1.29, 1.82) is 0 Å². The maximum Gasteiger partial charge on any atom is 0.313 e. The van der Waals surface area contributed by atoms with Crippen molar-refractivity contribution in [2.45, 2.75) is 66.2 Å². The van der Waals surface area contributed by atoms with E-state index in [1.54, 1.807) is 0 Å². The van der Waals surface area contributed by atoms with E-state index < -0.39 is 11.8 Å². The molecule has 0 N–H and O–H groups in total. The lowest BCUT2D eigenvalue weighted by atomic mass is 9.84. The Hall–Kier alpha value is -1.32. The lowest BCUT2D eigenvalue weighted by Gasteiger charge is -2.25. The van der Waals surface area contributed by atoms with Crippen LogP contribution in [0.1, 0.15) is 66.2 Å². The van der Waals surface area contributed by atoms with Gasteiger partial charge in [0.1, 0.15) is 0 Å². The number of hydrogen-bond acceptors (Lipinski definition) is 4. The molecular formula is C20H34O4. The average Bonchev–Trinajstić information content (AvgIpc) is 2.60. The van der Waals surface area contributed by atoms with E-state index in [2.05, 4.69) is 27.7 Å². The predicted molar refractivity (Wildman–Crippen MR) is 95.4 cm³/mol. The number of ether oxygens (including phenoxy) is 2.